The molecular formula is C3H6N2O3. The molecule has 3 N–H and O–H groups in total. The topological polar surface area (TPSA) is 81.4 Å². The van der Waals surface area contributed by atoms with E-state index in [0.29, 0.717) is 0 Å². The number of nitrogens with one attached hydrogen (secondary N) is 1. The van der Waals surface area contributed by atoms with Crippen LogP contribution < -0.4 is 11.2 Å². The van der Waals surface area contributed by atoms with Gasteiger partial charge in [0.25, 0.3) is 0 Å². The molecule has 5 heteroatoms. The number of hydrogen-bond donors (Lipinski definition) is 2. The highest BCUT2D eigenvalue weighted by Crippen LogP contribution is 1.59. The van der Waals surface area contributed by atoms with E-state index in [2.05, 4.69) is 10.6 Å². The van der Waals surface area contributed by atoms with E-state index < -0.39 is 11.8 Å². The maximum atomic E-state index is 10.0. The molecule has 2 amide bonds. The van der Waals surface area contributed by atoms with Gasteiger partial charge in [-0.2, -0.15) is 0 Å². The van der Waals surface area contributed by atoms with Crippen LogP contribution in [-0.4, -0.2) is 18.9 Å². The first-order valence-corrected chi connectivity index (χ1v) is 1.81. The van der Waals surface area contributed by atoms with Gasteiger partial charge in [0.15, 0.2) is 0 Å². The minimum atomic E-state index is -1.06. The van der Waals surface area contributed by atoms with Gasteiger partial charge in [-0.25, -0.2) is 5.48 Å². The van der Waals surface area contributed by atoms with Crippen LogP contribution in [0.3, 0.4) is 0 Å². The number of primary amides is 1. The SMILES string of the molecule is CONC(=O)C(N)=O. The van der Waals surface area contributed by atoms with Crippen LogP contribution in [0.25, 0.3) is 0 Å². The number of carbonyl (C=O) groups excluding carboxylic acids is 2. The zero-order chi connectivity index (χ0) is 6.57. The van der Waals surface area contributed by atoms with Gasteiger partial charge in [0.2, 0.25) is 0 Å². The Morgan fingerprint density at radius 2 is 2.12 bits per heavy atom. The molecule has 0 aromatic heterocycles. The fourth-order valence-corrected chi connectivity index (χ4v) is 0.143. The van der Waals surface area contributed by atoms with Gasteiger partial charge in [-0.1, -0.05) is 0 Å². The quantitative estimate of drug-likeness (QED) is 0.313. The minimum absolute atomic E-state index is 0.951. The van der Waals surface area contributed by atoms with Crippen LogP contribution in [0, 0.1) is 0 Å². The van der Waals surface area contributed by atoms with E-state index in [0.717, 1.165) is 0 Å². The molecule has 0 unspecified atom stereocenters. The van der Waals surface area contributed by atoms with Crippen LogP contribution in [-0.2, 0) is 14.4 Å². The fourth-order valence-electron chi connectivity index (χ4n) is 0.143. The van der Waals surface area contributed by atoms with Gasteiger partial charge in [0.05, 0.1) is 7.11 Å². The maximum absolute atomic E-state index is 10.0. The highest BCUT2D eigenvalue weighted by Gasteiger charge is 2.04. The largest absolute Gasteiger partial charge is 0.361 e. The van der Waals surface area contributed by atoms with Crippen molar-refractivity contribution in [2.24, 2.45) is 5.73 Å². The van der Waals surface area contributed by atoms with E-state index in [9.17, 15) is 9.59 Å². The molecular weight excluding hydrogens is 112 g/mol. The molecule has 0 rings (SSSR count). The van der Waals surface area contributed by atoms with Crippen molar-refractivity contribution < 1.29 is 14.4 Å². The van der Waals surface area contributed by atoms with Crippen LogP contribution in [0.4, 0.5) is 0 Å². The molecule has 0 aliphatic carbocycles. The molecule has 0 spiro atoms. The second kappa shape index (κ2) is 2.98. The van der Waals surface area contributed by atoms with E-state index in [1.165, 1.54) is 7.11 Å². The highest BCUT2D eigenvalue weighted by atomic mass is 16.6. The predicted molar refractivity (Wildman–Crippen MR) is 24.3 cm³/mol. The summed E-state index contributed by atoms with van der Waals surface area (Å²) in [6.07, 6.45) is 0. The van der Waals surface area contributed by atoms with Crippen molar-refractivity contribution in [3.63, 3.8) is 0 Å². The first-order valence-electron chi connectivity index (χ1n) is 1.81. The Morgan fingerprint density at radius 3 is 2.25 bits per heavy atom. The summed E-state index contributed by atoms with van der Waals surface area (Å²) in [6, 6.07) is 0. The van der Waals surface area contributed by atoms with Crippen LogP contribution >= 0.6 is 0 Å². The monoisotopic (exact) mass is 118 g/mol. The zero-order valence-corrected chi connectivity index (χ0v) is 4.30. The van der Waals surface area contributed by atoms with Crippen LogP contribution in [0.15, 0.2) is 0 Å². The van der Waals surface area contributed by atoms with Gasteiger partial charge in [-0.3, -0.25) is 14.4 Å². The lowest BCUT2D eigenvalue weighted by Gasteiger charge is -1.93. The molecule has 0 saturated heterocycles. The fraction of sp³-hybridized carbons (Fsp3) is 0.333. The molecule has 0 heterocycles. The van der Waals surface area contributed by atoms with Crippen molar-refractivity contribution in [3.05, 3.63) is 0 Å². The molecule has 5 nitrogen and oxygen atoms in total. The van der Waals surface area contributed by atoms with Crippen molar-refractivity contribution in [1.82, 2.24) is 5.48 Å². The molecule has 0 saturated carbocycles. The molecule has 0 aromatic rings. The third-order valence-electron chi connectivity index (χ3n) is 0.419. The first-order chi connectivity index (χ1) is 3.68. The summed E-state index contributed by atoms with van der Waals surface area (Å²) in [7, 11) is 1.21. The molecule has 0 aromatic carbocycles. The van der Waals surface area contributed by atoms with Gasteiger partial charge in [0, 0.05) is 0 Å². The van der Waals surface area contributed by atoms with E-state index in [-0.39, 0.29) is 0 Å². The molecule has 46 valence electrons. The Balaban J connectivity index is 3.49. The summed E-state index contributed by atoms with van der Waals surface area (Å²) >= 11 is 0. The Bertz CT molecular complexity index is 111. The lowest BCUT2D eigenvalue weighted by Crippen LogP contribution is -2.35. The average molecular weight is 118 g/mol. The van der Waals surface area contributed by atoms with Crippen LogP contribution in [0.1, 0.15) is 0 Å². The van der Waals surface area contributed by atoms with Crippen LogP contribution in [0.5, 0.6) is 0 Å². The van der Waals surface area contributed by atoms with Crippen molar-refractivity contribution in [2.75, 3.05) is 7.11 Å². The van der Waals surface area contributed by atoms with Crippen molar-refractivity contribution in [1.29, 1.82) is 0 Å². The molecule has 0 radical (unpaired) electrons. The van der Waals surface area contributed by atoms with Crippen molar-refractivity contribution in [3.8, 4) is 0 Å². The lowest BCUT2D eigenvalue weighted by molar-refractivity contribution is -0.143. The molecule has 0 aliphatic rings. The normalized spacial score (nSPS) is 8.12. The lowest BCUT2D eigenvalue weighted by atomic mass is 10.6. The Hall–Kier alpha value is -1.10. The summed E-state index contributed by atoms with van der Waals surface area (Å²) in [5.41, 5.74) is 6.22. The second-order valence-electron chi connectivity index (χ2n) is 1.000. The van der Waals surface area contributed by atoms with E-state index in [4.69, 9.17) is 0 Å². The summed E-state index contributed by atoms with van der Waals surface area (Å²) in [6.45, 7) is 0. The van der Waals surface area contributed by atoms with Gasteiger partial charge >= 0.3 is 11.8 Å². The average Bonchev–Trinajstić information content (AvgIpc) is 1.67. The molecule has 8 heavy (non-hydrogen) atoms. The third kappa shape index (κ3) is 2.14. The van der Waals surface area contributed by atoms with Gasteiger partial charge in [-0.05, 0) is 0 Å². The summed E-state index contributed by atoms with van der Waals surface area (Å²) < 4.78 is 0. The number of carbonyl (C=O) groups is 2. The Labute approximate surface area is 45.7 Å². The summed E-state index contributed by atoms with van der Waals surface area (Å²) in [4.78, 5) is 23.9. The molecule has 0 bridgehead atoms. The number of amides is 2. The predicted octanol–water partition coefficient (Wildman–Crippen LogP) is -1.85. The minimum Gasteiger partial charge on any atom is -0.361 e. The molecule has 0 aliphatic heterocycles. The maximum Gasteiger partial charge on any atom is 0.332 e. The van der Waals surface area contributed by atoms with E-state index >= 15 is 0 Å². The van der Waals surface area contributed by atoms with Crippen LogP contribution in [0.2, 0.25) is 0 Å². The van der Waals surface area contributed by atoms with Gasteiger partial charge in [-0.15, -0.1) is 0 Å². The zero-order valence-electron chi connectivity index (χ0n) is 4.30. The van der Waals surface area contributed by atoms with Gasteiger partial charge in [0.1, 0.15) is 0 Å². The number of hydroxylamine groups is 1. The Morgan fingerprint density at radius 1 is 1.62 bits per heavy atom. The van der Waals surface area contributed by atoms with Gasteiger partial charge < -0.3 is 5.73 Å². The highest BCUT2D eigenvalue weighted by molar-refractivity contribution is 6.34. The molecule has 0 atom stereocenters. The smallest absolute Gasteiger partial charge is 0.332 e. The first kappa shape index (κ1) is 6.90. The number of hydrogen-bond acceptors (Lipinski definition) is 3. The van der Waals surface area contributed by atoms with E-state index in [1.807, 2.05) is 0 Å². The second-order valence-corrected chi connectivity index (χ2v) is 1.000. The number of rotatable bonds is 1. The third-order valence-corrected chi connectivity index (χ3v) is 0.419. The van der Waals surface area contributed by atoms with E-state index in [1.54, 1.807) is 5.48 Å². The molecule has 0 fully saturated rings. The standard InChI is InChI=1S/C3H6N2O3/c1-8-5-3(7)2(4)6/h1H3,(H2,4,6)(H,5,7). The number of nitrogens with two attached hydrogens (primary N) is 1. The summed E-state index contributed by atoms with van der Waals surface area (Å²) in [5.74, 6) is -2.01. The summed E-state index contributed by atoms with van der Waals surface area (Å²) in [5, 5.41) is 0. The Kier molecular flexibility index (Phi) is 2.57. The van der Waals surface area contributed by atoms with Crippen molar-refractivity contribution >= 4 is 11.8 Å². The van der Waals surface area contributed by atoms with Crippen molar-refractivity contribution in [2.45, 2.75) is 0 Å².